The van der Waals surface area contributed by atoms with E-state index in [1.807, 2.05) is 13.0 Å². The zero-order chi connectivity index (χ0) is 31.7. The van der Waals surface area contributed by atoms with Crippen molar-refractivity contribution in [3.05, 3.63) is 82.8 Å². The molecule has 1 aliphatic rings. The predicted octanol–water partition coefficient (Wildman–Crippen LogP) is 5.01. The highest BCUT2D eigenvalue weighted by molar-refractivity contribution is 7.89. The molecule has 0 radical (unpaired) electrons. The fraction of sp³-hybridized carbons (Fsp3) is 0.310. The van der Waals surface area contributed by atoms with Crippen molar-refractivity contribution in [2.24, 2.45) is 11.1 Å². The molecule has 1 saturated carbocycles. The van der Waals surface area contributed by atoms with Gasteiger partial charge in [-0.05, 0) is 79.6 Å². The molecule has 5 rings (SSSR count). The van der Waals surface area contributed by atoms with Gasteiger partial charge in [0.15, 0.2) is 0 Å². The molecule has 0 atom stereocenters. The molecule has 2 aromatic heterocycles. The van der Waals surface area contributed by atoms with Crippen molar-refractivity contribution in [1.82, 2.24) is 20.3 Å². The second-order valence-corrected chi connectivity index (χ2v) is 13.3. The first kappa shape index (κ1) is 31.5. The van der Waals surface area contributed by atoms with Gasteiger partial charge in [0.2, 0.25) is 21.9 Å². The summed E-state index contributed by atoms with van der Waals surface area (Å²) in [5.74, 6) is -0.620. The average molecular weight is 647 g/mol. The van der Waals surface area contributed by atoms with E-state index in [0.717, 1.165) is 33.8 Å². The summed E-state index contributed by atoms with van der Waals surface area (Å²) in [4.78, 5) is 25.5. The van der Waals surface area contributed by atoms with E-state index in [2.05, 4.69) is 25.6 Å². The number of rotatable bonds is 8. The van der Waals surface area contributed by atoms with E-state index in [1.165, 1.54) is 23.5 Å². The lowest BCUT2D eigenvalue weighted by molar-refractivity contribution is -0.141. The zero-order valence-electron chi connectivity index (χ0n) is 23.4. The number of alkyl halides is 3. The van der Waals surface area contributed by atoms with Crippen LogP contribution < -0.4 is 15.8 Å². The van der Waals surface area contributed by atoms with E-state index in [9.17, 15) is 31.5 Å². The van der Waals surface area contributed by atoms with Gasteiger partial charge in [-0.2, -0.15) is 13.2 Å². The van der Waals surface area contributed by atoms with Gasteiger partial charge in [-0.3, -0.25) is 4.79 Å². The normalized spacial score (nSPS) is 19.0. The van der Waals surface area contributed by atoms with E-state index in [1.54, 1.807) is 30.5 Å². The minimum absolute atomic E-state index is 0.00580. The molecule has 0 bridgehead atoms. The number of primary sulfonamides is 1. The minimum atomic E-state index is -4.59. The Labute approximate surface area is 255 Å². The molecule has 0 saturated heterocycles. The first-order chi connectivity index (χ1) is 20.7. The number of nitrogens with one attached hydrogen (secondary N) is 2. The van der Waals surface area contributed by atoms with Crippen molar-refractivity contribution in [1.29, 1.82) is 0 Å². The summed E-state index contributed by atoms with van der Waals surface area (Å²) >= 11 is 1.32. The number of hydrogen-bond acceptors (Lipinski definition) is 9. The van der Waals surface area contributed by atoms with Crippen LogP contribution in [-0.2, 0) is 33.1 Å². The van der Waals surface area contributed by atoms with Gasteiger partial charge >= 0.3 is 6.18 Å². The highest BCUT2D eigenvalue weighted by Crippen LogP contribution is 2.43. The lowest BCUT2D eigenvalue weighted by Gasteiger charge is -2.33. The first-order valence-electron chi connectivity index (χ1n) is 13.6. The SMILES string of the molecule is Cc1cc(Nc2nccc(C(F)(F)F)n2)cc(-c2cnc([C@]3(O)CC[C@@H](C(=O)NCc4ccc(S(N)(=O)=O)cc4)CC3)s2)c1. The van der Waals surface area contributed by atoms with Gasteiger partial charge in [0.1, 0.15) is 16.3 Å². The van der Waals surface area contributed by atoms with Crippen LogP contribution in [0.2, 0.25) is 0 Å². The molecule has 2 heterocycles. The number of hydrogen-bond donors (Lipinski definition) is 4. The van der Waals surface area contributed by atoms with Crippen molar-refractivity contribution >= 4 is 38.9 Å². The minimum Gasteiger partial charge on any atom is -0.383 e. The molecule has 1 amide bonds. The smallest absolute Gasteiger partial charge is 0.383 e. The number of aliphatic hydroxyl groups is 1. The highest BCUT2D eigenvalue weighted by atomic mass is 32.2. The lowest BCUT2D eigenvalue weighted by atomic mass is 9.78. The van der Waals surface area contributed by atoms with Crippen LogP contribution in [0.3, 0.4) is 0 Å². The maximum absolute atomic E-state index is 13.1. The number of amides is 1. The summed E-state index contributed by atoms with van der Waals surface area (Å²) in [6.07, 6.45) is -0.304. The molecule has 4 aromatic rings. The summed E-state index contributed by atoms with van der Waals surface area (Å²) in [5, 5.41) is 22.8. The lowest BCUT2D eigenvalue weighted by Crippen LogP contribution is -2.38. The summed E-state index contributed by atoms with van der Waals surface area (Å²) in [7, 11) is -3.79. The number of anilines is 2. The molecule has 0 aliphatic heterocycles. The maximum Gasteiger partial charge on any atom is 0.433 e. The summed E-state index contributed by atoms with van der Waals surface area (Å²) in [6, 6.07) is 12.2. The predicted molar refractivity (Wildman–Crippen MR) is 158 cm³/mol. The van der Waals surface area contributed by atoms with Gasteiger partial charge < -0.3 is 15.7 Å². The van der Waals surface area contributed by atoms with E-state index in [4.69, 9.17) is 5.14 Å². The number of carbonyl (C=O) groups is 1. The van der Waals surface area contributed by atoms with Crippen LogP contribution in [0.5, 0.6) is 0 Å². The number of sulfonamides is 1. The molecule has 44 heavy (non-hydrogen) atoms. The standard InChI is InChI=1S/C29H29F3N6O4S2/c1-17-12-20(14-21(13-17)37-27-34-11-8-24(38-27)29(30,31)32)23-16-36-26(43-23)28(40)9-6-19(7-10-28)25(39)35-15-18-2-4-22(5-3-18)44(33,41)42/h2-5,8,11-14,16,19,40H,6-7,9-10,15H2,1H3,(H,35,39)(H2,33,41,42)(H,34,37,38)/t19-,28+. The number of benzene rings is 2. The zero-order valence-corrected chi connectivity index (χ0v) is 25.1. The largest absolute Gasteiger partial charge is 0.433 e. The first-order valence-corrected chi connectivity index (χ1v) is 15.9. The molecule has 1 fully saturated rings. The van der Waals surface area contributed by atoms with Crippen molar-refractivity contribution < 1.29 is 31.5 Å². The number of thiazole rings is 1. The fourth-order valence-corrected chi connectivity index (χ4v) is 6.59. The summed E-state index contributed by atoms with van der Waals surface area (Å²) < 4.78 is 62.0. The third-order valence-corrected chi connectivity index (χ3v) is 9.54. The quantitative estimate of drug-likeness (QED) is 0.208. The highest BCUT2D eigenvalue weighted by Gasteiger charge is 2.39. The van der Waals surface area contributed by atoms with E-state index in [0.29, 0.717) is 36.4 Å². The van der Waals surface area contributed by atoms with Crippen molar-refractivity contribution in [3.8, 4) is 10.4 Å². The molecule has 5 N–H and O–H groups in total. The van der Waals surface area contributed by atoms with E-state index in [-0.39, 0.29) is 29.2 Å². The monoisotopic (exact) mass is 646 g/mol. The van der Waals surface area contributed by atoms with Crippen LogP contribution in [-0.4, -0.2) is 34.4 Å². The van der Waals surface area contributed by atoms with Crippen LogP contribution in [0.25, 0.3) is 10.4 Å². The Kier molecular flexibility index (Phi) is 8.75. The molecule has 1 aliphatic carbocycles. The number of carbonyl (C=O) groups excluding carboxylic acids is 1. The molecular weight excluding hydrogens is 617 g/mol. The Morgan fingerprint density at radius 2 is 1.82 bits per heavy atom. The molecule has 15 heteroatoms. The number of halogens is 3. The third-order valence-electron chi connectivity index (χ3n) is 7.37. The summed E-state index contributed by atoms with van der Waals surface area (Å²) in [5.41, 5.74) is 0.590. The van der Waals surface area contributed by atoms with Crippen molar-refractivity contribution in [2.75, 3.05) is 5.32 Å². The Hall–Kier alpha value is -3.92. The van der Waals surface area contributed by atoms with Gasteiger partial charge in [0.25, 0.3) is 0 Å². The molecule has 0 unspecified atom stereocenters. The second-order valence-electron chi connectivity index (χ2n) is 10.7. The van der Waals surface area contributed by atoms with Crippen LogP contribution in [0.4, 0.5) is 24.8 Å². The van der Waals surface area contributed by atoms with Crippen LogP contribution in [0.1, 0.15) is 47.5 Å². The van der Waals surface area contributed by atoms with Gasteiger partial charge in [0.05, 0.1) is 9.77 Å². The Bertz CT molecular complexity index is 1770. The van der Waals surface area contributed by atoms with Crippen LogP contribution >= 0.6 is 11.3 Å². The molecule has 0 spiro atoms. The fourth-order valence-electron chi connectivity index (χ4n) is 5.03. The van der Waals surface area contributed by atoms with E-state index < -0.39 is 27.5 Å². The van der Waals surface area contributed by atoms with Crippen LogP contribution in [0.15, 0.2) is 65.8 Å². The Morgan fingerprint density at radius 1 is 1.11 bits per heavy atom. The van der Waals surface area contributed by atoms with Crippen LogP contribution in [0, 0.1) is 12.8 Å². The van der Waals surface area contributed by atoms with Gasteiger partial charge in [-0.15, -0.1) is 11.3 Å². The molecule has 232 valence electrons. The topological polar surface area (TPSA) is 160 Å². The molecule has 10 nitrogen and oxygen atoms in total. The molecule has 2 aromatic carbocycles. The Balaban J connectivity index is 1.21. The van der Waals surface area contributed by atoms with Crippen molar-refractivity contribution in [3.63, 3.8) is 0 Å². The van der Waals surface area contributed by atoms with E-state index >= 15 is 0 Å². The van der Waals surface area contributed by atoms with Gasteiger partial charge in [0, 0.05) is 30.5 Å². The number of aryl methyl sites for hydroxylation is 1. The summed E-state index contributed by atoms with van der Waals surface area (Å²) in [6.45, 7) is 2.08. The van der Waals surface area contributed by atoms with Gasteiger partial charge in [-0.25, -0.2) is 28.5 Å². The van der Waals surface area contributed by atoms with Gasteiger partial charge in [-0.1, -0.05) is 18.2 Å². The second kappa shape index (κ2) is 12.2. The Morgan fingerprint density at radius 3 is 2.48 bits per heavy atom. The number of nitrogens with zero attached hydrogens (tertiary/aromatic N) is 3. The number of nitrogens with two attached hydrogens (primary N) is 1. The average Bonchev–Trinajstić information content (AvgIpc) is 3.47. The third kappa shape index (κ3) is 7.41. The number of aromatic nitrogens is 3. The van der Waals surface area contributed by atoms with Crippen molar-refractivity contribution in [2.45, 2.75) is 55.8 Å². The molecular formula is C29H29F3N6O4S2. The maximum atomic E-state index is 13.1.